The lowest BCUT2D eigenvalue weighted by Crippen LogP contribution is -2.52. The Bertz CT molecular complexity index is 870. The Hall–Kier alpha value is -2.35. The van der Waals surface area contributed by atoms with E-state index in [4.69, 9.17) is 28.9 Å². The van der Waals surface area contributed by atoms with Gasteiger partial charge in [-0.3, -0.25) is 9.59 Å². The molecule has 5 N–H and O–H groups in total. The zero-order chi connectivity index (χ0) is 20.8. The van der Waals surface area contributed by atoms with Gasteiger partial charge in [-0.2, -0.15) is 0 Å². The summed E-state index contributed by atoms with van der Waals surface area (Å²) in [5.41, 5.74) is 7.19. The van der Waals surface area contributed by atoms with E-state index in [-0.39, 0.29) is 24.4 Å². The van der Waals surface area contributed by atoms with Crippen LogP contribution in [0.2, 0.25) is 10.0 Å². The first-order valence-corrected chi connectivity index (χ1v) is 10.1. The van der Waals surface area contributed by atoms with Gasteiger partial charge >= 0.3 is 0 Å². The molecule has 9 heteroatoms. The van der Waals surface area contributed by atoms with E-state index in [0.717, 1.165) is 30.5 Å². The molecule has 3 rings (SSSR count). The number of nitrogen functional groups attached to an aromatic ring is 1. The lowest BCUT2D eigenvalue weighted by molar-refractivity contribution is -0.129. The van der Waals surface area contributed by atoms with Crippen LogP contribution in [-0.4, -0.2) is 35.4 Å². The summed E-state index contributed by atoms with van der Waals surface area (Å²) >= 11 is 12.1. The Morgan fingerprint density at radius 2 is 2.00 bits per heavy atom. The van der Waals surface area contributed by atoms with Gasteiger partial charge in [-0.25, -0.2) is 4.98 Å². The molecule has 2 aromatic rings. The van der Waals surface area contributed by atoms with Crippen LogP contribution in [0.4, 0.5) is 5.82 Å². The number of carbonyl (C=O) groups excluding carboxylic acids is 2. The highest BCUT2D eigenvalue weighted by molar-refractivity contribution is 6.42. The summed E-state index contributed by atoms with van der Waals surface area (Å²) in [5, 5.41) is 9.69. The molecule has 0 aliphatic carbocycles. The molecular formula is C20H23Cl2N5O2. The number of halogens is 2. The minimum Gasteiger partial charge on any atom is -0.384 e. The molecule has 2 heterocycles. The smallest absolute Gasteiger partial charge is 0.243 e. The third-order valence-corrected chi connectivity index (χ3v) is 5.49. The van der Waals surface area contributed by atoms with Crippen LogP contribution in [0.1, 0.15) is 24.0 Å². The van der Waals surface area contributed by atoms with Gasteiger partial charge in [-0.1, -0.05) is 35.3 Å². The van der Waals surface area contributed by atoms with Crippen molar-refractivity contribution in [3.05, 3.63) is 57.7 Å². The summed E-state index contributed by atoms with van der Waals surface area (Å²) in [5.74, 6) is -0.0648. The molecule has 2 amide bonds. The summed E-state index contributed by atoms with van der Waals surface area (Å²) in [7, 11) is 0. The van der Waals surface area contributed by atoms with Crippen LogP contribution in [0.25, 0.3) is 0 Å². The van der Waals surface area contributed by atoms with Crippen molar-refractivity contribution in [1.82, 2.24) is 20.9 Å². The average Bonchev–Trinajstić information content (AvgIpc) is 3.24. The second-order valence-electron chi connectivity index (χ2n) is 6.97. The minimum atomic E-state index is -0.746. The second-order valence-corrected chi connectivity index (χ2v) is 7.79. The Kier molecular flexibility index (Phi) is 7.30. The number of carbonyl (C=O) groups is 2. The van der Waals surface area contributed by atoms with Crippen LogP contribution in [0.15, 0.2) is 36.5 Å². The summed E-state index contributed by atoms with van der Waals surface area (Å²) in [6.45, 7) is 1.08. The number of amides is 2. The van der Waals surface area contributed by atoms with Gasteiger partial charge < -0.3 is 21.7 Å². The molecule has 7 nitrogen and oxygen atoms in total. The molecule has 1 aliphatic rings. The van der Waals surface area contributed by atoms with Crippen LogP contribution in [0, 0.1) is 0 Å². The van der Waals surface area contributed by atoms with Crippen molar-refractivity contribution >= 4 is 40.8 Å². The van der Waals surface area contributed by atoms with Gasteiger partial charge in [-0.15, -0.1) is 0 Å². The van der Waals surface area contributed by atoms with E-state index in [1.54, 1.807) is 36.5 Å². The largest absolute Gasteiger partial charge is 0.384 e. The van der Waals surface area contributed by atoms with Gasteiger partial charge in [0.25, 0.3) is 0 Å². The average molecular weight is 436 g/mol. The fourth-order valence-electron chi connectivity index (χ4n) is 3.15. The van der Waals surface area contributed by atoms with Gasteiger partial charge in [0.2, 0.25) is 11.8 Å². The van der Waals surface area contributed by atoms with Crippen molar-refractivity contribution in [2.75, 3.05) is 12.3 Å². The van der Waals surface area contributed by atoms with E-state index >= 15 is 0 Å². The highest BCUT2D eigenvalue weighted by Gasteiger charge is 2.27. The predicted octanol–water partition coefficient (Wildman–Crippen LogP) is 2.07. The van der Waals surface area contributed by atoms with E-state index in [0.29, 0.717) is 22.3 Å². The zero-order valence-electron chi connectivity index (χ0n) is 15.8. The summed E-state index contributed by atoms with van der Waals surface area (Å²) in [6, 6.07) is 7.60. The highest BCUT2D eigenvalue weighted by Crippen LogP contribution is 2.23. The number of nitrogens with two attached hydrogens (primary N) is 1. The van der Waals surface area contributed by atoms with E-state index in [1.165, 1.54) is 0 Å². The number of nitrogens with zero attached hydrogens (tertiary/aromatic N) is 1. The summed E-state index contributed by atoms with van der Waals surface area (Å²) in [6.07, 6.45) is 3.59. The SMILES string of the molecule is Nc1ccc(CNC(=O)[C@H](Cc2ccc(Cl)c(Cl)c2)NC(=O)[C@H]2CCCN2)cn1. The molecule has 29 heavy (non-hydrogen) atoms. The van der Waals surface area contributed by atoms with Crippen LogP contribution >= 0.6 is 23.2 Å². The fourth-order valence-corrected chi connectivity index (χ4v) is 3.47. The van der Waals surface area contributed by atoms with Crippen molar-refractivity contribution in [3.63, 3.8) is 0 Å². The molecule has 0 spiro atoms. The van der Waals surface area contributed by atoms with E-state index in [1.807, 2.05) is 0 Å². The lowest BCUT2D eigenvalue weighted by atomic mass is 10.0. The van der Waals surface area contributed by atoms with Crippen LogP contribution in [-0.2, 0) is 22.6 Å². The maximum absolute atomic E-state index is 12.8. The quantitative estimate of drug-likeness (QED) is 0.532. The zero-order valence-corrected chi connectivity index (χ0v) is 17.3. The molecular weight excluding hydrogens is 413 g/mol. The number of anilines is 1. The van der Waals surface area contributed by atoms with Crippen LogP contribution in [0.5, 0.6) is 0 Å². The molecule has 0 bridgehead atoms. The maximum Gasteiger partial charge on any atom is 0.243 e. The molecule has 1 aromatic carbocycles. The molecule has 1 aromatic heterocycles. The van der Waals surface area contributed by atoms with Crippen molar-refractivity contribution in [2.45, 2.75) is 37.9 Å². The van der Waals surface area contributed by atoms with E-state index < -0.39 is 6.04 Å². The first-order chi connectivity index (χ1) is 13.9. The van der Waals surface area contributed by atoms with Gasteiger partial charge in [0.05, 0.1) is 16.1 Å². The van der Waals surface area contributed by atoms with Crippen molar-refractivity contribution in [3.8, 4) is 0 Å². The number of nitrogens with one attached hydrogen (secondary N) is 3. The monoisotopic (exact) mass is 435 g/mol. The minimum absolute atomic E-state index is 0.183. The molecule has 1 saturated heterocycles. The van der Waals surface area contributed by atoms with Gasteiger partial charge in [-0.05, 0) is 48.7 Å². The topological polar surface area (TPSA) is 109 Å². The van der Waals surface area contributed by atoms with Crippen LogP contribution < -0.4 is 21.7 Å². The van der Waals surface area contributed by atoms with Crippen molar-refractivity contribution < 1.29 is 9.59 Å². The third kappa shape index (κ3) is 6.06. The third-order valence-electron chi connectivity index (χ3n) is 4.75. The van der Waals surface area contributed by atoms with Crippen molar-refractivity contribution in [1.29, 1.82) is 0 Å². The molecule has 0 radical (unpaired) electrons. The Balaban J connectivity index is 1.69. The predicted molar refractivity (Wildman–Crippen MR) is 114 cm³/mol. The van der Waals surface area contributed by atoms with Gasteiger partial charge in [0, 0.05) is 19.2 Å². The standard InChI is InChI=1S/C20H23Cl2N5O2/c21-14-5-3-12(8-15(14)22)9-17(27-20(29)16-2-1-7-24-16)19(28)26-11-13-4-6-18(23)25-10-13/h3-6,8,10,16-17,24H,1-2,7,9,11H2,(H2,23,25)(H,26,28)(H,27,29)/t16-,17+/m1/s1. The molecule has 1 aliphatic heterocycles. The Morgan fingerprint density at radius 1 is 1.21 bits per heavy atom. The van der Waals surface area contributed by atoms with Crippen molar-refractivity contribution in [2.24, 2.45) is 0 Å². The summed E-state index contributed by atoms with van der Waals surface area (Å²) in [4.78, 5) is 29.4. The number of aromatic nitrogens is 1. The number of hydrogen-bond donors (Lipinski definition) is 4. The van der Waals surface area contributed by atoms with E-state index in [9.17, 15) is 9.59 Å². The number of pyridine rings is 1. The number of hydrogen-bond acceptors (Lipinski definition) is 5. The van der Waals surface area contributed by atoms with Crippen LogP contribution in [0.3, 0.4) is 0 Å². The molecule has 0 unspecified atom stereocenters. The highest BCUT2D eigenvalue weighted by atomic mass is 35.5. The van der Waals surface area contributed by atoms with Gasteiger partial charge in [0.15, 0.2) is 0 Å². The fraction of sp³-hybridized carbons (Fsp3) is 0.350. The number of benzene rings is 1. The first-order valence-electron chi connectivity index (χ1n) is 9.38. The number of rotatable bonds is 7. The summed E-state index contributed by atoms with van der Waals surface area (Å²) < 4.78 is 0. The Labute approximate surface area is 179 Å². The lowest BCUT2D eigenvalue weighted by Gasteiger charge is -2.21. The molecule has 1 fully saturated rings. The molecule has 2 atom stereocenters. The van der Waals surface area contributed by atoms with Gasteiger partial charge in [0.1, 0.15) is 11.9 Å². The second kappa shape index (κ2) is 9.91. The normalized spacial score (nSPS) is 17.0. The molecule has 154 valence electrons. The Morgan fingerprint density at radius 3 is 2.66 bits per heavy atom. The molecule has 0 saturated carbocycles. The van der Waals surface area contributed by atoms with E-state index in [2.05, 4.69) is 20.9 Å². The maximum atomic E-state index is 12.8. The first kappa shape index (κ1) is 21.4.